The number of rotatable bonds is 3. The number of carbonyl (C=O) groups excluding carboxylic acids is 1. The predicted octanol–water partition coefficient (Wildman–Crippen LogP) is 2.29. The maximum atomic E-state index is 11.6. The highest BCUT2D eigenvalue weighted by Crippen LogP contribution is 2.26. The van der Waals surface area contributed by atoms with E-state index in [0.29, 0.717) is 12.6 Å². The molecule has 0 saturated carbocycles. The first-order chi connectivity index (χ1) is 7.71. The van der Waals surface area contributed by atoms with E-state index in [0.717, 1.165) is 6.54 Å². The summed E-state index contributed by atoms with van der Waals surface area (Å²) in [5, 5.41) is 6.33. The Hall–Kier alpha value is -0.770. The fraction of sp³-hybridized carbons (Fsp3) is 0.923. The Balaban J connectivity index is 2.36. The molecular formula is C13H26N2O2. The topological polar surface area (TPSA) is 50.4 Å². The van der Waals surface area contributed by atoms with Crippen LogP contribution in [-0.4, -0.2) is 30.8 Å². The first-order valence-electron chi connectivity index (χ1n) is 6.41. The Bertz CT molecular complexity index is 263. The molecule has 1 rings (SSSR count). The monoisotopic (exact) mass is 242 g/mol. The second-order valence-electron chi connectivity index (χ2n) is 6.49. The van der Waals surface area contributed by atoms with Gasteiger partial charge in [0.05, 0.1) is 0 Å². The Morgan fingerprint density at radius 1 is 1.35 bits per heavy atom. The van der Waals surface area contributed by atoms with Crippen LogP contribution in [0.3, 0.4) is 0 Å². The van der Waals surface area contributed by atoms with Crippen LogP contribution in [0.2, 0.25) is 0 Å². The quantitative estimate of drug-likeness (QED) is 0.798. The standard InChI is InChI=1S/C13H26N2O2/c1-12(2,3)17-11(16)15-9-13(4,5)10-7-6-8-14-10/h10,14H,6-9H2,1-5H3,(H,15,16)/t10-/m0/s1. The van der Waals surface area contributed by atoms with E-state index in [1.807, 2.05) is 20.8 Å². The molecule has 1 heterocycles. The molecule has 1 aliphatic heterocycles. The van der Waals surface area contributed by atoms with Crippen molar-refractivity contribution in [1.29, 1.82) is 0 Å². The number of amides is 1. The van der Waals surface area contributed by atoms with Gasteiger partial charge >= 0.3 is 6.09 Å². The Morgan fingerprint density at radius 3 is 2.47 bits per heavy atom. The van der Waals surface area contributed by atoms with Crippen molar-refractivity contribution in [2.45, 2.75) is 59.1 Å². The van der Waals surface area contributed by atoms with Gasteiger partial charge in [-0.2, -0.15) is 0 Å². The minimum absolute atomic E-state index is 0.0629. The van der Waals surface area contributed by atoms with Crippen LogP contribution in [0.4, 0.5) is 4.79 Å². The van der Waals surface area contributed by atoms with E-state index in [-0.39, 0.29) is 11.5 Å². The van der Waals surface area contributed by atoms with Crippen LogP contribution >= 0.6 is 0 Å². The van der Waals surface area contributed by atoms with Crippen LogP contribution in [0, 0.1) is 5.41 Å². The molecule has 0 aliphatic carbocycles. The molecule has 4 heteroatoms. The third kappa shape index (κ3) is 4.94. The summed E-state index contributed by atoms with van der Waals surface area (Å²) >= 11 is 0. The fourth-order valence-electron chi connectivity index (χ4n) is 2.09. The molecule has 17 heavy (non-hydrogen) atoms. The lowest BCUT2D eigenvalue weighted by Gasteiger charge is -2.32. The van der Waals surface area contributed by atoms with Gasteiger partial charge in [0.15, 0.2) is 0 Å². The first kappa shape index (κ1) is 14.3. The van der Waals surface area contributed by atoms with Gasteiger partial charge in [-0.25, -0.2) is 4.79 Å². The van der Waals surface area contributed by atoms with Crippen molar-refractivity contribution in [2.24, 2.45) is 5.41 Å². The fourth-order valence-corrected chi connectivity index (χ4v) is 2.09. The summed E-state index contributed by atoms with van der Waals surface area (Å²) in [5.74, 6) is 0. The molecule has 0 spiro atoms. The van der Waals surface area contributed by atoms with Crippen LogP contribution in [0.1, 0.15) is 47.5 Å². The molecule has 100 valence electrons. The number of hydrogen-bond donors (Lipinski definition) is 2. The molecule has 0 radical (unpaired) electrons. The van der Waals surface area contributed by atoms with Gasteiger partial charge in [-0.15, -0.1) is 0 Å². The Labute approximate surface area is 104 Å². The molecule has 0 bridgehead atoms. The molecule has 0 aromatic rings. The van der Waals surface area contributed by atoms with Gasteiger partial charge in [0.25, 0.3) is 0 Å². The lowest BCUT2D eigenvalue weighted by molar-refractivity contribution is 0.0498. The molecule has 4 nitrogen and oxygen atoms in total. The van der Waals surface area contributed by atoms with Crippen molar-refractivity contribution in [1.82, 2.24) is 10.6 Å². The highest BCUT2D eigenvalue weighted by Gasteiger charge is 2.32. The highest BCUT2D eigenvalue weighted by atomic mass is 16.6. The molecule has 0 aromatic carbocycles. The summed E-state index contributed by atoms with van der Waals surface area (Å²) in [6.45, 7) is 11.7. The molecule has 0 unspecified atom stereocenters. The van der Waals surface area contributed by atoms with Crippen molar-refractivity contribution in [2.75, 3.05) is 13.1 Å². The predicted molar refractivity (Wildman–Crippen MR) is 69.0 cm³/mol. The summed E-state index contributed by atoms with van der Waals surface area (Å²) in [5.41, 5.74) is -0.368. The van der Waals surface area contributed by atoms with Crippen molar-refractivity contribution in [3.63, 3.8) is 0 Å². The summed E-state index contributed by atoms with van der Waals surface area (Å²) in [7, 11) is 0. The molecule has 1 amide bonds. The van der Waals surface area contributed by atoms with E-state index >= 15 is 0 Å². The zero-order valence-electron chi connectivity index (χ0n) is 11.7. The van der Waals surface area contributed by atoms with Crippen LogP contribution in [0.25, 0.3) is 0 Å². The zero-order valence-corrected chi connectivity index (χ0v) is 11.7. The highest BCUT2D eigenvalue weighted by molar-refractivity contribution is 5.67. The summed E-state index contributed by atoms with van der Waals surface area (Å²) in [4.78, 5) is 11.6. The number of carbonyl (C=O) groups is 1. The number of nitrogens with one attached hydrogen (secondary N) is 2. The average molecular weight is 242 g/mol. The van der Waals surface area contributed by atoms with E-state index in [4.69, 9.17) is 4.74 Å². The second kappa shape index (κ2) is 5.25. The van der Waals surface area contributed by atoms with Crippen molar-refractivity contribution in [3.05, 3.63) is 0 Å². The van der Waals surface area contributed by atoms with Gasteiger partial charge in [-0.3, -0.25) is 0 Å². The van der Waals surface area contributed by atoms with E-state index in [2.05, 4.69) is 24.5 Å². The summed E-state index contributed by atoms with van der Waals surface area (Å²) < 4.78 is 5.23. The normalized spacial score (nSPS) is 21.4. The third-order valence-corrected chi connectivity index (χ3v) is 3.09. The minimum atomic E-state index is -0.431. The van der Waals surface area contributed by atoms with Crippen molar-refractivity contribution < 1.29 is 9.53 Å². The molecule has 1 atom stereocenters. The summed E-state index contributed by atoms with van der Waals surface area (Å²) in [6, 6.07) is 0.484. The Kier molecular flexibility index (Phi) is 4.42. The number of hydrogen-bond acceptors (Lipinski definition) is 3. The van der Waals surface area contributed by atoms with Crippen LogP contribution in [0.15, 0.2) is 0 Å². The van der Waals surface area contributed by atoms with Crippen LogP contribution < -0.4 is 10.6 Å². The number of alkyl carbamates (subject to hydrolysis) is 1. The van der Waals surface area contributed by atoms with Gasteiger partial charge in [0.1, 0.15) is 5.60 Å². The summed E-state index contributed by atoms with van der Waals surface area (Å²) in [6.07, 6.45) is 2.08. The molecule has 2 N–H and O–H groups in total. The van der Waals surface area contributed by atoms with Gasteiger partial charge in [-0.1, -0.05) is 13.8 Å². The maximum Gasteiger partial charge on any atom is 0.407 e. The lowest BCUT2D eigenvalue weighted by Crippen LogP contribution is -2.46. The zero-order chi connectivity index (χ0) is 13.1. The lowest BCUT2D eigenvalue weighted by atomic mass is 9.83. The van der Waals surface area contributed by atoms with Gasteiger partial charge in [-0.05, 0) is 45.6 Å². The minimum Gasteiger partial charge on any atom is -0.444 e. The van der Waals surface area contributed by atoms with Crippen LogP contribution in [-0.2, 0) is 4.74 Å². The number of ether oxygens (including phenoxy) is 1. The Morgan fingerprint density at radius 2 is 2.00 bits per heavy atom. The van der Waals surface area contributed by atoms with Crippen molar-refractivity contribution in [3.8, 4) is 0 Å². The smallest absolute Gasteiger partial charge is 0.407 e. The largest absolute Gasteiger partial charge is 0.444 e. The van der Waals surface area contributed by atoms with Gasteiger partial charge < -0.3 is 15.4 Å². The SMILES string of the molecule is CC(C)(C)OC(=O)NCC(C)(C)[C@@H]1CCCN1. The molecular weight excluding hydrogens is 216 g/mol. The van der Waals surface area contributed by atoms with E-state index < -0.39 is 5.60 Å². The van der Waals surface area contributed by atoms with Crippen molar-refractivity contribution >= 4 is 6.09 Å². The average Bonchev–Trinajstić information content (AvgIpc) is 2.65. The molecule has 0 aromatic heterocycles. The van der Waals surface area contributed by atoms with Gasteiger partial charge in [0.2, 0.25) is 0 Å². The first-order valence-corrected chi connectivity index (χ1v) is 6.41. The van der Waals surface area contributed by atoms with E-state index in [1.165, 1.54) is 12.8 Å². The molecule has 1 aliphatic rings. The molecule has 1 fully saturated rings. The third-order valence-electron chi connectivity index (χ3n) is 3.09. The molecule has 1 saturated heterocycles. The van der Waals surface area contributed by atoms with Crippen LogP contribution in [0.5, 0.6) is 0 Å². The van der Waals surface area contributed by atoms with Gasteiger partial charge in [0, 0.05) is 12.6 Å². The van der Waals surface area contributed by atoms with E-state index in [1.54, 1.807) is 0 Å². The second-order valence-corrected chi connectivity index (χ2v) is 6.49. The maximum absolute atomic E-state index is 11.6. The van der Waals surface area contributed by atoms with E-state index in [9.17, 15) is 4.79 Å².